The van der Waals surface area contributed by atoms with Crippen molar-refractivity contribution in [3.8, 4) is 17.2 Å². The van der Waals surface area contributed by atoms with Gasteiger partial charge in [0.15, 0.2) is 6.04 Å². The molecule has 0 aliphatic carbocycles. The maximum atomic E-state index is 14.2. The van der Waals surface area contributed by atoms with Gasteiger partial charge in [0.1, 0.15) is 23.9 Å². The summed E-state index contributed by atoms with van der Waals surface area (Å²) in [4.78, 5) is 26.0. The number of esters is 1. The van der Waals surface area contributed by atoms with Crippen LogP contribution in [0.3, 0.4) is 0 Å². The Balaban J connectivity index is 0.00000748. The summed E-state index contributed by atoms with van der Waals surface area (Å²) in [5.74, 6) is -4.72. The van der Waals surface area contributed by atoms with Gasteiger partial charge in [0, 0.05) is 6.42 Å². The number of aliphatic imine (C=N–C) groups is 3. The van der Waals surface area contributed by atoms with Crippen LogP contribution in [0, 0.1) is 0 Å². The second-order valence-corrected chi connectivity index (χ2v) is 16.8. The van der Waals surface area contributed by atoms with Gasteiger partial charge in [-0.05, 0) is 115 Å². The number of ether oxygens (including phenoxy) is 1. The van der Waals surface area contributed by atoms with Crippen LogP contribution in [0.25, 0.3) is 0 Å². The fourth-order valence-corrected chi connectivity index (χ4v) is 6.84. The first-order valence-corrected chi connectivity index (χ1v) is 23.2. The summed E-state index contributed by atoms with van der Waals surface area (Å²) in [5, 5.41) is 41.4. The Morgan fingerprint density at radius 1 is 0.522 bits per heavy atom. The van der Waals surface area contributed by atoms with Crippen LogP contribution in [0.15, 0.2) is 118 Å². The normalized spacial score (nSPS) is 13.6. The van der Waals surface area contributed by atoms with E-state index in [1.54, 1.807) is 30.3 Å². The molecule has 0 saturated heterocycles. The van der Waals surface area contributed by atoms with Gasteiger partial charge in [-0.2, -0.15) is 25.3 Å². The van der Waals surface area contributed by atoms with Crippen molar-refractivity contribution in [2.45, 2.75) is 69.7 Å². The third kappa shape index (κ3) is 24.8. The van der Waals surface area contributed by atoms with E-state index in [1.807, 2.05) is 0 Å². The van der Waals surface area contributed by atoms with Gasteiger partial charge in [0.25, 0.3) is 0 Å². The number of unbranched alkanes of at least 4 members (excludes halogenated alkanes) is 2. The molecule has 0 unspecified atom stereocenters. The molecule has 0 heterocycles. The summed E-state index contributed by atoms with van der Waals surface area (Å²) in [7, 11) is -14.6. The average molecular weight is 1020 g/mol. The fraction of sp³-hybridized carbons (Fsp3) is 0.300. The van der Waals surface area contributed by atoms with Gasteiger partial charge >= 0.3 is 126 Å². The Kier molecular flexibility index (Phi) is 27.5. The first kappa shape index (κ1) is 61.9. The van der Waals surface area contributed by atoms with Crippen LogP contribution < -0.4 is 122 Å². The van der Waals surface area contributed by atoms with E-state index in [0.717, 1.165) is 12.1 Å². The van der Waals surface area contributed by atoms with Crippen LogP contribution >= 0.6 is 0 Å². The molecule has 0 aliphatic rings. The predicted octanol–water partition coefficient (Wildman–Crippen LogP) is -8.08. The van der Waals surface area contributed by atoms with E-state index < -0.39 is 79.4 Å². The number of rotatable bonds is 25. The van der Waals surface area contributed by atoms with Crippen molar-refractivity contribution < 1.29 is 165 Å². The van der Waals surface area contributed by atoms with Crippen LogP contribution in [0.4, 0.5) is 0 Å². The summed E-state index contributed by atoms with van der Waals surface area (Å²) in [6.07, 6.45) is 0.545. The van der Waals surface area contributed by atoms with Gasteiger partial charge in [-0.25, -0.2) is 4.79 Å². The summed E-state index contributed by atoms with van der Waals surface area (Å²) >= 11 is 0. The molecule has 0 amide bonds. The van der Waals surface area contributed by atoms with Crippen molar-refractivity contribution in [2.24, 2.45) is 20.7 Å². The number of nitrogens with two attached hydrogens (primary N) is 1. The van der Waals surface area contributed by atoms with Crippen LogP contribution in [0.5, 0.6) is 17.2 Å². The molecule has 4 aromatic rings. The van der Waals surface area contributed by atoms with Gasteiger partial charge in [-0.15, -0.1) is 0 Å². The molecule has 4 aromatic carbocycles. The molecule has 27 heteroatoms. The SMILES string of the molecule is NCCCCCC([O-])=N[C@@H](Cc1ccc(OS(=O)(=O)O)cc1)C([O-])=N[C@@H](Cc1ccc(OS(=O)(=O)O)cc1)C([O-])=N[C@@H](Cc1ccc(OS(=O)(=O)O)cc1)C(=O)OCc1ccccc1.[Na+].[Na+].[Na+]. The summed E-state index contributed by atoms with van der Waals surface area (Å²) in [6, 6.07) is 18.5. The van der Waals surface area contributed by atoms with Crippen LogP contribution in [-0.2, 0) is 66.6 Å². The number of nitrogens with zero attached hydrogens (tertiary/aromatic N) is 3. The molecule has 0 bridgehead atoms. The van der Waals surface area contributed by atoms with Gasteiger partial charge < -0.3 is 38.3 Å². The number of carbonyl (C=O) groups is 1. The summed E-state index contributed by atoms with van der Waals surface area (Å²) < 4.78 is 113. The maximum absolute atomic E-state index is 14.2. The molecule has 0 aromatic heterocycles. The van der Waals surface area contributed by atoms with Gasteiger partial charge in [-0.1, -0.05) is 73.2 Å². The second kappa shape index (κ2) is 29.8. The van der Waals surface area contributed by atoms with E-state index >= 15 is 0 Å². The summed E-state index contributed by atoms with van der Waals surface area (Å²) in [5.41, 5.74) is 7.04. The van der Waals surface area contributed by atoms with Crippen molar-refractivity contribution >= 4 is 54.9 Å². The Morgan fingerprint density at radius 3 is 1.28 bits per heavy atom. The number of hydrogen-bond donors (Lipinski definition) is 4. The zero-order valence-electron chi connectivity index (χ0n) is 36.6. The van der Waals surface area contributed by atoms with Crippen molar-refractivity contribution in [1.29, 1.82) is 0 Å². The third-order valence-electron chi connectivity index (χ3n) is 8.69. The van der Waals surface area contributed by atoms with E-state index in [4.69, 9.17) is 24.1 Å². The van der Waals surface area contributed by atoms with Crippen molar-refractivity contribution in [3.05, 3.63) is 125 Å². The van der Waals surface area contributed by atoms with Crippen molar-refractivity contribution in [2.75, 3.05) is 6.54 Å². The quantitative estimate of drug-likeness (QED) is 0.0120. The molecule has 67 heavy (non-hydrogen) atoms. The topological polar surface area (TPSA) is 349 Å². The minimum absolute atomic E-state index is 0. The van der Waals surface area contributed by atoms with E-state index in [2.05, 4.69) is 27.5 Å². The third-order valence-corrected chi connectivity index (χ3v) is 9.90. The molecule has 0 aliphatic heterocycles. The van der Waals surface area contributed by atoms with E-state index in [0.29, 0.717) is 42.5 Å². The smallest absolute Gasteiger partial charge is 0.862 e. The van der Waals surface area contributed by atoms with Crippen molar-refractivity contribution in [1.82, 2.24) is 0 Å². The maximum Gasteiger partial charge on any atom is 1.00 e. The number of hydrogen-bond acceptors (Lipinski definition) is 18. The van der Waals surface area contributed by atoms with Crippen molar-refractivity contribution in [3.63, 3.8) is 0 Å². The Labute approximate surface area is 454 Å². The molecule has 3 atom stereocenters. The summed E-state index contributed by atoms with van der Waals surface area (Å²) in [6.45, 7) is 0.168. The molecule has 0 spiro atoms. The minimum atomic E-state index is -4.90. The van der Waals surface area contributed by atoms with Crippen LogP contribution in [0.1, 0.15) is 47.9 Å². The number of benzene rings is 4. The van der Waals surface area contributed by atoms with Crippen LogP contribution in [-0.4, -0.2) is 87.2 Å². The van der Waals surface area contributed by atoms with Gasteiger partial charge in [0.05, 0.1) is 12.1 Å². The monoisotopic (exact) mass is 1020 g/mol. The second-order valence-electron chi connectivity index (χ2n) is 13.8. The minimum Gasteiger partial charge on any atom is -0.862 e. The molecule has 0 saturated carbocycles. The molecular weight excluding hydrogens is 974 g/mol. The standard InChI is InChI=1S/C40H46N4O17S3.3Na/c41-22-6-2-5-9-37(45)42-34(23-27-10-16-31(17-11-27)59-62(49,50)51)38(46)43-35(24-28-12-18-32(19-13-28)60-63(52,53)54)39(47)44-36(40(48)58-26-30-7-3-1-4-8-30)25-29-14-20-33(21-15-29)61-64(55,56)57;;;/h1,3-4,7-8,10-21,34-36H,2,5-6,9,22-26,41H2,(H,42,45)(H,43,46)(H,44,47)(H,49,50,51)(H,52,53,54)(H,55,56,57);;;/q;3*+1/p-3/t34-,35-,36-;;;/m0.../s1. The Bertz CT molecular complexity index is 2590. The molecule has 4 rings (SSSR count). The molecule has 21 nitrogen and oxygen atoms in total. The molecular formula is C40H43N4Na3O17S3. The molecule has 0 fully saturated rings. The Hall–Kier alpha value is -3.15. The van der Waals surface area contributed by atoms with Gasteiger partial charge in [0.2, 0.25) is 0 Å². The zero-order chi connectivity index (χ0) is 46.9. The Morgan fingerprint density at radius 2 is 0.896 bits per heavy atom. The first-order valence-electron chi connectivity index (χ1n) is 19.1. The predicted molar refractivity (Wildman–Crippen MR) is 224 cm³/mol. The van der Waals surface area contributed by atoms with Crippen LogP contribution in [0.2, 0.25) is 0 Å². The molecule has 5 N–H and O–H groups in total. The average Bonchev–Trinajstić information content (AvgIpc) is 3.21. The fourth-order valence-electron chi connectivity index (χ4n) is 5.78. The largest absolute Gasteiger partial charge is 1.00 e. The van der Waals surface area contributed by atoms with Gasteiger partial charge in [-0.3, -0.25) is 28.6 Å². The molecule has 0 radical (unpaired) electrons. The van der Waals surface area contributed by atoms with E-state index in [-0.39, 0.29) is 137 Å². The zero-order valence-corrected chi connectivity index (χ0v) is 45.1. The molecule has 346 valence electrons. The van der Waals surface area contributed by atoms with E-state index in [1.165, 1.54) is 60.7 Å². The van der Waals surface area contributed by atoms with E-state index in [9.17, 15) is 45.4 Å². The number of carbonyl (C=O) groups excluding carboxylic acids is 1. The first-order chi connectivity index (χ1) is 30.1.